The first kappa shape index (κ1) is 23.2. The summed E-state index contributed by atoms with van der Waals surface area (Å²) in [5, 5.41) is 6.95. The van der Waals surface area contributed by atoms with E-state index in [9.17, 15) is 4.79 Å². The van der Waals surface area contributed by atoms with Gasteiger partial charge < -0.3 is 25.2 Å². The van der Waals surface area contributed by atoms with Crippen LogP contribution in [0.25, 0.3) is 0 Å². The summed E-state index contributed by atoms with van der Waals surface area (Å²) in [4.78, 5) is 20.3. The van der Waals surface area contributed by atoms with Gasteiger partial charge in [0.05, 0.1) is 0 Å². The summed E-state index contributed by atoms with van der Waals surface area (Å²) in [6, 6.07) is 8.96. The van der Waals surface area contributed by atoms with Crippen molar-refractivity contribution in [2.75, 3.05) is 61.0 Å². The Morgan fingerprint density at radius 2 is 1.97 bits per heavy atom. The lowest BCUT2D eigenvalue weighted by atomic mass is 9.88. The van der Waals surface area contributed by atoms with Gasteiger partial charge in [0.1, 0.15) is 6.54 Å². The van der Waals surface area contributed by atoms with Crippen molar-refractivity contribution in [3.63, 3.8) is 0 Å². The van der Waals surface area contributed by atoms with Crippen molar-refractivity contribution in [3.05, 3.63) is 35.4 Å². The molecule has 1 unspecified atom stereocenters. The Hall–Kier alpha value is -2.12. The van der Waals surface area contributed by atoms with E-state index < -0.39 is 0 Å². The molecular formula is C22H37N5O2. The molecule has 1 aromatic carbocycles. The predicted molar refractivity (Wildman–Crippen MR) is 118 cm³/mol. The minimum absolute atomic E-state index is 0.00299. The second kappa shape index (κ2) is 12.4. The van der Waals surface area contributed by atoms with E-state index in [1.807, 2.05) is 0 Å². The first-order valence-electron chi connectivity index (χ1n) is 10.5. The molecule has 2 rings (SSSR count). The molecule has 1 aliphatic rings. The zero-order chi connectivity index (χ0) is 21.1. The lowest BCUT2D eigenvalue weighted by molar-refractivity contribution is -0.127. The molecule has 0 aliphatic heterocycles. The molecule has 1 aliphatic carbocycles. The number of amides is 1. The van der Waals surface area contributed by atoms with E-state index in [-0.39, 0.29) is 12.5 Å². The fraction of sp³-hybridized carbons (Fsp3) is 0.636. The van der Waals surface area contributed by atoms with Gasteiger partial charge >= 0.3 is 0 Å². The third-order valence-electron chi connectivity index (χ3n) is 5.23. The number of nitrogens with zero attached hydrogens (tertiary/aromatic N) is 3. The van der Waals surface area contributed by atoms with Crippen LogP contribution in [0.5, 0.6) is 0 Å². The highest BCUT2D eigenvalue weighted by Crippen LogP contribution is 2.20. The van der Waals surface area contributed by atoms with Crippen LogP contribution in [0.3, 0.4) is 0 Å². The number of hydrogen-bond donors (Lipinski definition) is 2. The van der Waals surface area contributed by atoms with Crippen molar-refractivity contribution in [3.8, 4) is 0 Å². The minimum atomic E-state index is -0.00299. The van der Waals surface area contributed by atoms with E-state index in [0.29, 0.717) is 6.04 Å². The zero-order valence-electron chi connectivity index (χ0n) is 18.4. The first-order chi connectivity index (χ1) is 14.0. The Bertz CT molecular complexity index is 662. The highest BCUT2D eigenvalue weighted by molar-refractivity contribution is 5.85. The fourth-order valence-corrected chi connectivity index (χ4v) is 3.41. The van der Waals surface area contributed by atoms with Gasteiger partial charge in [-0.25, -0.2) is 4.99 Å². The molecule has 7 heteroatoms. The van der Waals surface area contributed by atoms with Gasteiger partial charge in [-0.3, -0.25) is 4.79 Å². The standard InChI is InChI=1S/C22H37N5O2/c1-26(2)21(28)17-24-22(23-12-14-27(3)13-7-15-29-4)25-20-11-10-18-8-5-6-9-19(18)16-20/h5-6,8-9,20H,7,10-17H2,1-4H3,(H2,23,24,25). The number of likely N-dealkylation sites (N-methyl/N-ethyl adjacent to an activating group) is 2. The highest BCUT2D eigenvalue weighted by Gasteiger charge is 2.19. The lowest BCUT2D eigenvalue weighted by Crippen LogP contribution is -2.47. The second-order valence-corrected chi connectivity index (χ2v) is 7.88. The summed E-state index contributed by atoms with van der Waals surface area (Å²) in [5.74, 6) is 0.714. The van der Waals surface area contributed by atoms with Gasteiger partial charge in [-0.15, -0.1) is 0 Å². The van der Waals surface area contributed by atoms with Crippen LogP contribution in [-0.2, 0) is 22.4 Å². The molecule has 0 fully saturated rings. The molecule has 162 valence electrons. The monoisotopic (exact) mass is 403 g/mol. The largest absolute Gasteiger partial charge is 0.385 e. The number of ether oxygens (including phenoxy) is 1. The third-order valence-corrected chi connectivity index (χ3v) is 5.23. The number of rotatable bonds is 10. The van der Waals surface area contributed by atoms with E-state index in [2.05, 4.69) is 51.8 Å². The molecule has 7 nitrogen and oxygen atoms in total. The number of fused-ring (bicyclic) bond motifs is 1. The van der Waals surface area contributed by atoms with Crippen LogP contribution in [0, 0.1) is 0 Å². The van der Waals surface area contributed by atoms with Crippen LogP contribution < -0.4 is 10.6 Å². The number of methoxy groups -OCH3 is 1. The number of guanidine groups is 1. The molecule has 0 bridgehead atoms. The van der Waals surface area contributed by atoms with Gasteiger partial charge in [0.25, 0.3) is 0 Å². The molecular weight excluding hydrogens is 366 g/mol. The van der Waals surface area contributed by atoms with Gasteiger partial charge in [-0.2, -0.15) is 0 Å². The number of nitrogens with one attached hydrogen (secondary N) is 2. The molecule has 1 atom stereocenters. The van der Waals surface area contributed by atoms with Gasteiger partial charge in [-0.1, -0.05) is 24.3 Å². The Labute approximate surface area is 175 Å². The quantitative estimate of drug-likeness (QED) is 0.348. The second-order valence-electron chi connectivity index (χ2n) is 7.88. The summed E-state index contributed by atoms with van der Waals surface area (Å²) < 4.78 is 5.11. The average Bonchev–Trinajstić information content (AvgIpc) is 2.71. The van der Waals surface area contributed by atoms with Gasteiger partial charge in [0.2, 0.25) is 5.91 Å². The van der Waals surface area contributed by atoms with E-state index in [1.54, 1.807) is 26.1 Å². The lowest BCUT2D eigenvalue weighted by Gasteiger charge is -2.27. The molecule has 0 spiro atoms. The summed E-state index contributed by atoms with van der Waals surface area (Å²) in [5.41, 5.74) is 2.84. The number of hydrogen-bond acceptors (Lipinski definition) is 4. The zero-order valence-corrected chi connectivity index (χ0v) is 18.4. The summed E-state index contributed by atoms with van der Waals surface area (Å²) in [6.45, 7) is 3.60. The number of carbonyl (C=O) groups is 1. The van der Waals surface area contributed by atoms with E-state index in [4.69, 9.17) is 4.74 Å². The Balaban J connectivity index is 1.89. The van der Waals surface area contributed by atoms with Crippen LogP contribution in [0.1, 0.15) is 24.0 Å². The number of benzene rings is 1. The van der Waals surface area contributed by atoms with Crippen LogP contribution >= 0.6 is 0 Å². The molecule has 1 amide bonds. The topological polar surface area (TPSA) is 69.2 Å². The molecule has 0 saturated heterocycles. The van der Waals surface area contributed by atoms with Crippen molar-refractivity contribution < 1.29 is 9.53 Å². The van der Waals surface area contributed by atoms with Crippen molar-refractivity contribution in [2.24, 2.45) is 4.99 Å². The molecule has 0 saturated carbocycles. The summed E-state index contributed by atoms with van der Waals surface area (Å²) in [7, 11) is 7.35. The van der Waals surface area contributed by atoms with Crippen molar-refractivity contribution in [1.29, 1.82) is 0 Å². The highest BCUT2D eigenvalue weighted by atomic mass is 16.5. The number of carbonyl (C=O) groups excluding carboxylic acids is 1. The van der Waals surface area contributed by atoms with Crippen molar-refractivity contribution in [2.45, 2.75) is 31.7 Å². The molecule has 0 radical (unpaired) electrons. The van der Waals surface area contributed by atoms with Gasteiger partial charge in [-0.05, 0) is 43.9 Å². The Kier molecular flexibility index (Phi) is 9.94. The van der Waals surface area contributed by atoms with Crippen molar-refractivity contribution in [1.82, 2.24) is 20.4 Å². The molecule has 29 heavy (non-hydrogen) atoms. The third kappa shape index (κ3) is 8.41. The predicted octanol–water partition coefficient (Wildman–Crippen LogP) is 1.14. The molecule has 1 aromatic rings. The van der Waals surface area contributed by atoms with Crippen LogP contribution in [0.4, 0.5) is 0 Å². The van der Waals surface area contributed by atoms with E-state index in [0.717, 1.165) is 57.9 Å². The Morgan fingerprint density at radius 3 is 2.69 bits per heavy atom. The van der Waals surface area contributed by atoms with Crippen molar-refractivity contribution >= 4 is 11.9 Å². The minimum Gasteiger partial charge on any atom is -0.385 e. The van der Waals surface area contributed by atoms with Gasteiger partial charge in [0.15, 0.2) is 5.96 Å². The normalized spacial score (nSPS) is 16.4. The van der Waals surface area contributed by atoms with E-state index >= 15 is 0 Å². The molecule has 0 aromatic heterocycles. The average molecular weight is 404 g/mol. The SMILES string of the molecule is COCCCN(C)CCNC(=NCC(=O)N(C)C)NC1CCc2ccccc2C1. The van der Waals surface area contributed by atoms with Gasteiger partial charge in [0, 0.05) is 53.5 Å². The van der Waals surface area contributed by atoms with Crippen LogP contribution in [0.2, 0.25) is 0 Å². The molecule has 0 heterocycles. The van der Waals surface area contributed by atoms with Crippen LogP contribution in [-0.4, -0.2) is 88.7 Å². The van der Waals surface area contributed by atoms with E-state index in [1.165, 1.54) is 11.1 Å². The maximum absolute atomic E-state index is 12.0. The summed E-state index contributed by atoms with van der Waals surface area (Å²) in [6.07, 6.45) is 4.14. The summed E-state index contributed by atoms with van der Waals surface area (Å²) >= 11 is 0. The fourth-order valence-electron chi connectivity index (χ4n) is 3.41. The Morgan fingerprint density at radius 1 is 1.21 bits per heavy atom. The maximum Gasteiger partial charge on any atom is 0.243 e. The maximum atomic E-state index is 12.0. The number of aliphatic imine (C=N–C) groups is 1. The van der Waals surface area contributed by atoms with Crippen LogP contribution in [0.15, 0.2) is 29.3 Å². The smallest absolute Gasteiger partial charge is 0.243 e. The number of aryl methyl sites for hydroxylation is 1. The molecule has 2 N–H and O–H groups in total. The first-order valence-corrected chi connectivity index (χ1v) is 10.5.